The summed E-state index contributed by atoms with van der Waals surface area (Å²) in [5.41, 5.74) is 0.569. The number of ether oxygens (including phenoxy) is 2. The van der Waals surface area contributed by atoms with Crippen molar-refractivity contribution < 1.29 is 23.5 Å². The van der Waals surface area contributed by atoms with Gasteiger partial charge in [-0.15, -0.1) is 0 Å². The normalized spacial score (nSPS) is 11.1. The van der Waals surface area contributed by atoms with Crippen molar-refractivity contribution in [1.82, 2.24) is 5.32 Å². The molecule has 1 aromatic heterocycles. The predicted octanol–water partition coefficient (Wildman–Crippen LogP) is 4.29. The summed E-state index contributed by atoms with van der Waals surface area (Å²) in [6.07, 6.45) is 0. The molecular weight excluding hydrogens is 410 g/mol. The van der Waals surface area contributed by atoms with Gasteiger partial charge in [-0.3, -0.25) is 4.79 Å². The van der Waals surface area contributed by atoms with Crippen LogP contribution in [0.15, 0.2) is 57.7 Å². The van der Waals surface area contributed by atoms with E-state index in [2.05, 4.69) is 19.2 Å². The van der Waals surface area contributed by atoms with Crippen molar-refractivity contribution in [2.24, 2.45) is 5.92 Å². The smallest absolute Gasteiger partial charge is 0.349 e. The van der Waals surface area contributed by atoms with Crippen LogP contribution in [0.4, 0.5) is 0 Å². The Bertz CT molecular complexity index is 1160. The van der Waals surface area contributed by atoms with Crippen LogP contribution in [0.1, 0.15) is 49.5 Å². The standard InChI is InChI=1S/C25H27NO6/c1-15(2)13-26-24(28)21-11-18-7-10-20(12-22(18)32-25(21)29)31-23(27)14-30-19-8-5-17(6-9-19)16(3)4/h5-12,15-16H,13-14H2,1-4H3,(H,26,28). The third-order valence-corrected chi connectivity index (χ3v) is 4.76. The number of benzene rings is 2. The van der Waals surface area contributed by atoms with E-state index in [4.69, 9.17) is 13.9 Å². The van der Waals surface area contributed by atoms with Gasteiger partial charge in [0.05, 0.1) is 0 Å². The number of nitrogens with one attached hydrogen (secondary N) is 1. The molecule has 168 valence electrons. The van der Waals surface area contributed by atoms with E-state index in [9.17, 15) is 14.4 Å². The summed E-state index contributed by atoms with van der Waals surface area (Å²) < 4.78 is 16.0. The predicted molar refractivity (Wildman–Crippen MR) is 121 cm³/mol. The van der Waals surface area contributed by atoms with Crippen molar-refractivity contribution in [1.29, 1.82) is 0 Å². The van der Waals surface area contributed by atoms with E-state index in [-0.39, 0.29) is 29.4 Å². The van der Waals surface area contributed by atoms with Gasteiger partial charge in [0.2, 0.25) is 0 Å². The fourth-order valence-corrected chi connectivity index (χ4v) is 2.96. The van der Waals surface area contributed by atoms with Gasteiger partial charge in [0, 0.05) is 18.0 Å². The lowest BCUT2D eigenvalue weighted by molar-refractivity contribution is -0.136. The number of fused-ring (bicyclic) bond motifs is 1. The van der Waals surface area contributed by atoms with Gasteiger partial charge in [-0.1, -0.05) is 39.8 Å². The summed E-state index contributed by atoms with van der Waals surface area (Å²) in [6, 6.07) is 13.6. The number of rotatable bonds is 8. The maximum absolute atomic E-state index is 12.2. The van der Waals surface area contributed by atoms with Crippen LogP contribution < -0.4 is 20.4 Å². The summed E-state index contributed by atoms with van der Waals surface area (Å²) >= 11 is 0. The summed E-state index contributed by atoms with van der Waals surface area (Å²) in [6.45, 7) is 8.30. The average molecular weight is 437 g/mol. The molecule has 0 unspecified atom stereocenters. The number of hydrogen-bond donors (Lipinski definition) is 1. The molecule has 7 nitrogen and oxygen atoms in total. The molecule has 0 saturated heterocycles. The van der Waals surface area contributed by atoms with Crippen molar-refractivity contribution in [2.75, 3.05) is 13.2 Å². The van der Waals surface area contributed by atoms with Crippen molar-refractivity contribution in [2.45, 2.75) is 33.6 Å². The topological polar surface area (TPSA) is 94.8 Å². The molecule has 0 atom stereocenters. The van der Waals surface area contributed by atoms with Gasteiger partial charge in [0.15, 0.2) is 6.61 Å². The first-order chi connectivity index (χ1) is 15.2. The highest BCUT2D eigenvalue weighted by Crippen LogP contribution is 2.22. The molecule has 0 bridgehead atoms. The zero-order valence-electron chi connectivity index (χ0n) is 18.6. The van der Waals surface area contributed by atoms with E-state index in [1.54, 1.807) is 12.1 Å². The van der Waals surface area contributed by atoms with Gasteiger partial charge in [0.1, 0.15) is 22.6 Å². The largest absolute Gasteiger partial charge is 0.482 e. The highest BCUT2D eigenvalue weighted by atomic mass is 16.6. The van der Waals surface area contributed by atoms with Gasteiger partial charge in [0.25, 0.3) is 5.91 Å². The maximum Gasteiger partial charge on any atom is 0.349 e. The Hall–Kier alpha value is -3.61. The minimum absolute atomic E-state index is 0.0696. The van der Waals surface area contributed by atoms with Crippen LogP contribution in [-0.2, 0) is 4.79 Å². The van der Waals surface area contributed by atoms with E-state index in [1.807, 2.05) is 38.1 Å². The Kier molecular flexibility index (Phi) is 7.30. The van der Waals surface area contributed by atoms with Crippen LogP contribution in [0.25, 0.3) is 11.0 Å². The molecule has 3 aromatic rings. The summed E-state index contributed by atoms with van der Waals surface area (Å²) in [7, 11) is 0. The summed E-state index contributed by atoms with van der Waals surface area (Å²) in [5, 5.41) is 3.24. The van der Waals surface area contributed by atoms with E-state index in [1.165, 1.54) is 17.7 Å². The Morgan fingerprint density at radius 2 is 1.66 bits per heavy atom. The molecule has 7 heteroatoms. The fourth-order valence-electron chi connectivity index (χ4n) is 2.96. The van der Waals surface area contributed by atoms with Crippen LogP contribution in [0.5, 0.6) is 11.5 Å². The second-order valence-corrected chi connectivity index (χ2v) is 8.24. The van der Waals surface area contributed by atoms with Crippen molar-refractivity contribution >= 4 is 22.8 Å². The minimum Gasteiger partial charge on any atom is -0.482 e. The SMILES string of the molecule is CC(C)CNC(=O)c1cc2ccc(OC(=O)COc3ccc(C(C)C)cc3)cc2oc1=O. The average Bonchev–Trinajstić information content (AvgIpc) is 2.75. The second-order valence-electron chi connectivity index (χ2n) is 8.24. The first kappa shape index (κ1) is 23.1. The number of hydrogen-bond acceptors (Lipinski definition) is 6. The lowest BCUT2D eigenvalue weighted by Gasteiger charge is -2.09. The van der Waals surface area contributed by atoms with E-state index in [0.717, 1.165) is 0 Å². The minimum atomic E-state index is -0.754. The van der Waals surface area contributed by atoms with E-state index < -0.39 is 17.5 Å². The third-order valence-electron chi connectivity index (χ3n) is 4.76. The molecule has 32 heavy (non-hydrogen) atoms. The second kappa shape index (κ2) is 10.1. The van der Waals surface area contributed by atoms with Gasteiger partial charge in [-0.2, -0.15) is 0 Å². The van der Waals surface area contributed by atoms with E-state index in [0.29, 0.717) is 23.6 Å². The molecule has 1 heterocycles. The number of esters is 1. The van der Waals surface area contributed by atoms with Gasteiger partial charge >= 0.3 is 11.6 Å². The molecular formula is C25H27NO6. The third kappa shape index (κ3) is 5.97. The molecule has 0 saturated carbocycles. The first-order valence-corrected chi connectivity index (χ1v) is 10.5. The van der Waals surface area contributed by atoms with Crippen LogP contribution in [0.2, 0.25) is 0 Å². The fraction of sp³-hybridized carbons (Fsp3) is 0.320. The van der Waals surface area contributed by atoms with Crippen LogP contribution in [-0.4, -0.2) is 25.0 Å². The molecule has 3 rings (SSSR count). The maximum atomic E-state index is 12.2. The van der Waals surface area contributed by atoms with Crippen molar-refractivity contribution in [3.8, 4) is 11.5 Å². The van der Waals surface area contributed by atoms with Crippen molar-refractivity contribution in [3.05, 3.63) is 70.1 Å². The zero-order valence-corrected chi connectivity index (χ0v) is 18.6. The Balaban J connectivity index is 1.64. The molecule has 0 spiro atoms. The Morgan fingerprint density at radius 1 is 0.969 bits per heavy atom. The molecule has 0 radical (unpaired) electrons. The van der Waals surface area contributed by atoms with E-state index >= 15 is 0 Å². The zero-order chi connectivity index (χ0) is 23.3. The molecule has 1 amide bonds. The van der Waals surface area contributed by atoms with Crippen LogP contribution in [0.3, 0.4) is 0 Å². The molecule has 1 N–H and O–H groups in total. The quantitative estimate of drug-likeness (QED) is 0.321. The summed E-state index contributed by atoms with van der Waals surface area (Å²) in [5.74, 6) is 0.368. The Labute approximate surface area is 186 Å². The number of carbonyl (C=O) groups is 2. The number of amides is 1. The molecule has 0 aliphatic carbocycles. The molecule has 2 aromatic carbocycles. The monoisotopic (exact) mass is 437 g/mol. The van der Waals surface area contributed by atoms with Gasteiger partial charge in [-0.25, -0.2) is 9.59 Å². The molecule has 0 aliphatic rings. The molecule has 0 fully saturated rings. The lowest BCUT2D eigenvalue weighted by Crippen LogP contribution is -2.31. The van der Waals surface area contributed by atoms with Crippen LogP contribution >= 0.6 is 0 Å². The molecule has 0 aliphatic heterocycles. The first-order valence-electron chi connectivity index (χ1n) is 10.5. The highest BCUT2D eigenvalue weighted by Gasteiger charge is 2.15. The summed E-state index contributed by atoms with van der Waals surface area (Å²) in [4.78, 5) is 36.6. The Morgan fingerprint density at radius 3 is 2.31 bits per heavy atom. The van der Waals surface area contributed by atoms with Crippen molar-refractivity contribution in [3.63, 3.8) is 0 Å². The highest BCUT2D eigenvalue weighted by molar-refractivity contribution is 5.96. The van der Waals surface area contributed by atoms with Crippen LogP contribution in [0, 0.1) is 5.92 Å². The van der Waals surface area contributed by atoms with Gasteiger partial charge in [-0.05, 0) is 47.7 Å². The number of carbonyl (C=O) groups excluding carboxylic acids is 2. The van der Waals surface area contributed by atoms with Gasteiger partial charge < -0.3 is 19.2 Å². The lowest BCUT2D eigenvalue weighted by atomic mass is 10.0.